The van der Waals surface area contributed by atoms with Crippen LogP contribution in [0.3, 0.4) is 0 Å². The zero-order chi connectivity index (χ0) is 20.6. The van der Waals surface area contributed by atoms with E-state index in [9.17, 15) is 14.7 Å². The summed E-state index contributed by atoms with van der Waals surface area (Å²) in [7, 11) is 1.64. The fourth-order valence-corrected chi connectivity index (χ4v) is 3.88. The third-order valence-electron chi connectivity index (χ3n) is 4.13. The number of aromatic nitrogens is 2. The zero-order valence-corrected chi connectivity index (χ0v) is 17.4. The number of rotatable bonds is 6. The Labute approximate surface area is 170 Å². The van der Waals surface area contributed by atoms with Crippen molar-refractivity contribution in [2.24, 2.45) is 7.05 Å². The number of thiophene rings is 1. The fourth-order valence-electron chi connectivity index (χ4n) is 2.94. The largest absolute Gasteiger partial charge is 0.488 e. The van der Waals surface area contributed by atoms with Gasteiger partial charge in [-0.2, -0.15) is 0 Å². The van der Waals surface area contributed by atoms with Gasteiger partial charge in [-0.25, -0.2) is 9.78 Å². The zero-order valence-electron chi connectivity index (χ0n) is 15.9. The Kier molecular flexibility index (Phi) is 5.62. The maximum Gasteiger partial charge on any atom is 0.356 e. The molecule has 148 valence electrons. The minimum atomic E-state index is -1.10. The summed E-state index contributed by atoms with van der Waals surface area (Å²) >= 11 is 7.10. The van der Waals surface area contributed by atoms with E-state index in [-0.39, 0.29) is 23.5 Å². The van der Waals surface area contributed by atoms with Gasteiger partial charge in [0.25, 0.3) is 5.91 Å². The number of carbonyl (C=O) groups excluding carboxylic acids is 1. The minimum Gasteiger partial charge on any atom is -0.488 e. The van der Waals surface area contributed by atoms with Gasteiger partial charge in [-0.05, 0) is 38.5 Å². The van der Waals surface area contributed by atoms with Crippen LogP contribution in [0, 0.1) is 0 Å². The van der Waals surface area contributed by atoms with Gasteiger partial charge in [0.2, 0.25) is 0 Å². The number of carbonyl (C=O) groups is 2. The molecule has 0 aliphatic carbocycles. The van der Waals surface area contributed by atoms with Crippen molar-refractivity contribution in [3.63, 3.8) is 0 Å². The van der Waals surface area contributed by atoms with E-state index in [1.54, 1.807) is 25.2 Å². The van der Waals surface area contributed by atoms with E-state index < -0.39 is 5.97 Å². The van der Waals surface area contributed by atoms with Gasteiger partial charge in [0.15, 0.2) is 11.4 Å². The van der Waals surface area contributed by atoms with Crippen LogP contribution in [0.25, 0.3) is 11.0 Å². The maximum absolute atomic E-state index is 12.6. The second-order valence-corrected chi connectivity index (χ2v) is 8.19. The highest BCUT2D eigenvalue weighted by atomic mass is 35.5. The van der Waals surface area contributed by atoms with Crippen LogP contribution in [0.1, 0.15) is 46.6 Å². The van der Waals surface area contributed by atoms with Crippen LogP contribution in [-0.4, -0.2) is 32.6 Å². The molecule has 3 rings (SSSR count). The van der Waals surface area contributed by atoms with Crippen LogP contribution in [0.4, 0.5) is 5.69 Å². The van der Waals surface area contributed by atoms with Crippen molar-refractivity contribution in [3.8, 4) is 5.75 Å². The average molecular weight is 422 g/mol. The standard InChI is InChI=1S/C19H20ClN3O4S/c1-5-11-12(22-18(24)13-6-7-14(20)28-13)8-10-16(27-9(2)3)15(19(25)26)23(4)17(10)21-11/h6-9H,5H2,1-4H3,(H,22,24)(H,25,26). The first-order valence-corrected chi connectivity index (χ1v) is 9.91. The number of hydrogen-bond acceptors (Lipinski definition) is 5. The molecule has 0 radical (unpaired) electrons. The summed E-state index contributed by atoms with van der Waals surface area (Å²) in [5.74, 6) is -1.16. The lowest BCUT2D eigenvalue weighted by Gasteiger charge is -2.11. The van der Waals surface area contributed by atoms with E-state index >= 15 is 0 Å². The van der Waals surface area contributed by atoms with Crippen LogP contribution in [-0.2, 0) is 13.5 Å². The normalized spacial score (nSPS) is 11.2. The molecule has 0 aliphatic rings. The third-order valence-corrected chi connectivity index (χ3v) is 5.36. The van der Waals surface area contributed by atoms with Crippen LogP contribution in [0.2, 0.25) is 4.34 Å². The SMILES string of the molecule is CCc1nc2c(cc1NC(=O)c1ccc(Cl)s1)c(OC(C)C)c(C(=O)O)n2C. The van der Waals surface area contributed by atoms with Crippen LogP contribution in [0.5, 0.6) is 5.75 Å². The van der Waals surface area contributed by atoms with Crippen molar-refractivity contribution in [1.82, 2.24) is 9.55 Å². The van der Waals surface area contributed by atoms with Crippen LogP contribution in [0.15, 0.2) is 18.2 Å². The molecule has 0 aliphatic heterocycles. The smallest absolute Gasteiger partial charge is 0.356 e. The molecular formula is C19H20ClN3O4S. The molecule has 7 nitrogen and oxygen atoms in total. The molecule has 3 aromatic heterocycles. The number of aromatic carboxylic acids is 1. The molecule has 3 aromatic rings. The molecule has 0 unspecified atom stereocenters. The van der Waals surface area contributed by atoms with Crippen molar-refractivity contribution in [2.45, 2.75) is 33.3 Å². The number of ether oxygens (including phenoxy) is 1. The lowest BCUT2D eigenvalue weighted by atomic mass is 10.2. The quantitative estimate of drug-likeness (QED) is 0.607. The molecule has 28 heavy (non-hydrogen) atoms. The highest BCUT2D eigenvalue weighted by molar-refractivity contribution is 7.18. The number of hydrogen-bond donors (Lipinski definition) is 2. The first-order chi connectivity index (χ1) is 13.2. The molecule has 1 amide bonds. The monoisotopic (exact) mass is 421 g/mol. The van der Waals surface area contributed by atoms with E-state index in [0.717, 1.165) is 0 Å². The number of amides is 1. The summed E-state index contributed by atoms with van der Waals surface area (Å²) in [4.78, 5) is 29.4. The van der Waals surface area contributed by atoms with Crippen molar-refractivity contribution in [3.05, 3.63) is 38.8 Å². The van der Waals surface area contributed by atoms with Crippen molar-refractivity contribution >= 4 is 51.5 Å². The van der Waals surface area contributed by atoms with Gasteiger partial charge in [0, 0.05) is 7.05 Å². The van der Waals surface area contributed by atoms with Gasteiger partial charge in [-0.15, -0.1) is 11.3 Å². The molecule has 0 saturated carbocycles. The number of carboxylic acids is 1. The molecule has 3 heterocycles. The molecule has 0 aromatic carbocycles. The van der Waals surface area contributed by atoms with Gasteiger partial charge < -0.3 is 19.7 Å². The number of nitrogens with zero attached hydrogens (tertiary/aromatic N) is 2. The Morgan fingerprint density at radius 3 is 2.64 bits per heavy atom. The highest BCUT2D eigenvalue weighted by Crippen LogP contribution is 2.35. The Balaban J connectivity index is 2.15. The maximum atomic E-state index is 12.6. The number of halogens is 1. The first kappa shape index (κ1) is 20.2. The van der Waals surface area contributed by atoms with Gasteiger partial charge in [0.05, 0.1) is 32.1 Å². The summed E-state index contributed by atoms with van der Waals surface area (Å²) in [6.45, 7) is 5.56. The molecule has 2 N–H and O–H groups in total. The van der Waals surface area contributed by atoms with Crippen LogP contribution >= 0.6 is 22.9 Å². The lowest BCUT2D eigenvalue weighted by Crippen LogP contribution is -2.12. The predicted molar refractivity (Wildman–Crippen MR) is 110 cm³/mol. The molecular weight excluding hydrogens is 402 g/mol. The van der Waals surface area contributed by atoms with E-state index in [1.165, 1.54) is 15.9 Å². The number of carboxylic acid groups (broad SMARTS) is 1. The average Bonchev–Trinajstić information content (AvgIpc) is 3.16. The third kappa shape index (κ3) is 3.70. The number of anilines is 1. The van der Waals surface area contributed by atoms with E-state index in [4.69, 9.17) is 16.3 Å². The Morgan fingerprint density at radius 1 is 1.39 bits per heavy atom. The second kappa shape index (κ2) is 7.81. The van der Waals surface area contributed by atoms with Gasteiger partial charge in [-0.1, -0.05) is 18.5 Å². The van der Waals surface area contributed by atoms with E-state index in [1.807, 2.05) is 20.8 Å². The molecule has 0 saturated heterocycles. The van der Waals surface area contributed by atoms with E-state index in [0.29, 0.717) is 38.0 Å². The lowest BCUT2D eigenvalue weighted by molar-refractivity contribution is 0.0680. The summed E-state index contributed by atoms with van der Waals surface area (Å²) in [5.41, 5.74) is 1.67. The molecule has 0 fully saturated rings. The van der Waals surface area contributed by atoms with Crippen molar-refractivity contribution in [1.29, 1.82) is 0 Å². The van der Waals surface area contributed by atoms with Crippen molar-refractivity contribution in [2.75, 3.05) is 5.32 Å². The molecule has 0 bridgehead atoms. The van der Waals surface area contributed by atoms with Gasteiger partial charge in [-0.3, -0.25) is 4.79 Å². The summed E-state index contributed by atoms with van der Waals surface area (Å²) < 4.78 is 7.82. The molecule has 9 heteroatoms. The Morgan fingerprint density at radius 2 is 2.11 bits per heavy atom. The summed E-state index contributed by atoms with van der Waals surface area (Å²) in [6.07, 6.45) is 0.339. The summed E-state index contributed by atoms with van der Waals surface area (Å²) in [6, 6.07) is 5.03. The van der Waals surface area contributed by atoms with E-state index in [2.05, 4.69) is 10.3 Å². The topological polar surface area (TPSA) is 93.4 Å². The van der Waals surface area contributed by atoms with Gasteiger partial charge >= 0.3 is 5.97 Å². The van der Waals surface area contributed by atoms with Crippen LogP contribution < -0.4 is 10.1 Å². The first-order valence-electron chi connectivity index (χ1n) is 8.71. The second-order valence-electron chi connectivity index (χ2n) is 6.47. The number of fused-ring (bicyclic) bond motifs is 1. The highest BCUT2D eigenvalue weighted by Gasteiger charge is 2.25. The Bertz CT molecular complexity index is 1070. The number of pyridine rings is 1. The predicted octanol–water partition coefficient (Wildman–Crippen LogP) is 4.59. The molecule has 0 spiro atoms. The summed E-state index contributed by atoms with van der Waals surface area (Å²) in [5, 5.41) is 13.0. The number of aryl methyl sites for hydroxylation is 2. The Hall–Kier alpha value is -2.58. The van der Waals surface area contributed by atoms with Gasteiger partial charge in [0.1, 0.15) is 5.65 Å². The molecule has 0 atom stereocenters. The van der Waals surface area contributed by atoms with Crippen molar-refractivity contribution < 1.29 is 19.4 Å². The fraction of sp³-hybridized carbons (Fsp3) is 0.316. The minimum absolute atomic E-state index is 0.0202. The number of nitrogens with one attached hydrogen (secondary N) is 1.